The highest BCUT2D eigenvalue weighted by Crippen LogP contribution is 2.19. The molecule has 0 radical (unpaired) electrons. The third-order valence-corrected chi connectivity index (χ3v) is 3.18. The Balaban J connectivity index is 2.10. The van der Waals surface area contributed by atoms with Crippen LogP contribution in [0.4, 0.5) is 10.2 Å². The van der Waals surface area contributed by atoms with Crippen LogP contribution in [0.5, 0.6) is 0 Å². The van der Waals surface area contributed by atoms with E-state index in [1.165, 1.54) is 0 Å². The Morgan fingerprint density at radius 1 is 1.19 bits per heavy atom. The van der Waals surface area contributed by atoms with Crippen LogP contribution in [0.25, 0.3) is 0 Å². The Hall–Kier alpha value is -2.01. The standard InChI is InChI=1S/C16H21FN4/c1-3-8-18-11-13-7-10-20-16(15(13)17)21(2)12-14-6-4-5-9-19-14/h4-7,9-10,18H,3,8,11-12H2,1-2H3. The zero-order valence-corrected chi connectivity index (χ0v) is 12.5. The van der Waals surface area contributed by atoms with Crippen molar-refractivity contribution in [1.29, 1.82) is 0 Å². The highest BCUT2D eigenvalue weighted by Gasteiger charge is 2.13. The van der Waals surface area contributed by atoms with E-state index in [1.807, 2.05) is 25.2 Å². The van der Waals surface area contributed by atoms with Gasteiger partial charge >= 0.3 is 0 Å². The molecule has 2 rings (SSSR count). The van der Waals surface area contributed by atoms with Crippen LogP contribution < -0.4 is 10.2 Å². The van der Waals surface area contributed by atoms with Gasteiger partial charge in [0.2, 0.25) is 0 Å². The summed E-state index contributed by atoms with van der Waals surface area (Å²) in [4.78, 5) is 10.2. The number of halogens is 1. The van der Waals surface area contributed by atoms with E-state index in [0.717, 1.165) is 18.7 Å². The van der Waals surface area contributed by atoms with Crippen molar-refractivity contribution in [2.75, 3.05) is 18.5 Å². The Morgan fingerprint density at radius 3 is 2.76 bits per heavy atom. The summed E-state index contributed by atoms with van der Waals surface area (Å²) >= 11 is 0. The molecule has 2 aromatic rings. The first kappa shape index (κ1) is 15.4. The van der Waals surface area contributed by atoms with Crippen LogP contribution in [0.2, 0.25) is 0 Å². The van der Waals surface area contributed by atoms with Crippen LogP contribution in [-0.4, -0.2) is 23.6 Å². The minimum Gasteiger partial charge on any atom is -0.351 e. The van der Waals surface area contributed by atoms with E-state index in [0.29, 0.717) is 24.5 Å². The van der Waals surface area contributed by atoms with Crippen LogP contribution >= 0.6 is 0 Å². The lowest BCUT2D eigenvalue weighted by atomic mass is 10.2. The minimum absolute atomic E-state index is 0.264. The second-order valence-corrected chi connectivity index (χ2v) is 4.96. The summed E-state index contributed by atoms with van der Waals surface area (Å²) in [6.45, 7) is 4.01. The first-order chi connectivity index (χ1) is 10.2. The van der Waals surface area contributed by atoms with E-state index in [4.69, 9.17) is 0 Å². The highest BCUT2D eigenvalue weighted by molar-refractivity contribution is 5.42. The number of aromatic nitrogens is 2. The number of nitrogens with one attached hydrogen (secondary N) is 1. The number of rotatable bonds is 7. The molecule has 0 saturated carbocycles. The maximum Gasteiger partial charge on any atom is 0.170 e. The first-order valence-corrected chi connectivity index (χ1v) is 7.17. The van der Waals surface area contributed by atoms with Gasteiger partial charge in [0.25, 0.3) is 0 Å². The zero-order chi connectivity index (χ0) is 15.1. The largest absolute Gasteiger partial charge is 0.351 e. The molecule has 5 heteroatoms. The maximum atomic E-state index is 14.5. The molecule has 0 bridgehead atoms. The third-order valence-electron chi connectivity index (χ3n) is 3.18. The van der Waals surface area contributed by atoms with E-state index in [1.54, 1.807) is 23.4 Å². The molecule has 0 fully saturated rings. The summed E-state index contributed by atoms with van der Waals surface area (Å²) in [5.74, 6) is 0.0935. The fourth-order valence-corrected chi connectivity index (χ4v) is 2.08. The summed E-state index contributed by atoms with van der Waals surface area (Å²) in [6.07, 6.45) is 4.41. The highest BCUT2D eigenvalue weighted by atomic mass is 19.1. The van der Waals surface area contributed by atoms with Gasteiger partial charge in [-0.1, -0.05) is 13.0 Å². The van der Waals surface area contributed by atoms with Crippen molar-refractivity contribution < 1.29 is 4.39 Å². The van der Waals surface area contributed by atoms with Crippen molar-refractivity contribution in [1.82, 2.24) is 15.3 Å². The summed E-state index contributed by atoms with van der Waals surface area (Å²) in [5, 5.41) is 3.21. The van der Waals surface area contributed by atoms with Gasteiger partial charge < -0.3 is 10.2 Å². The van der Waals surface area contributed by atoms with Crippen molar-refractivity contribution >= 4 is 5.82 Å². The second kappa shape index (κ2) is 7.69. The molecule has 21 heavy (non-hydrogen) atoms. The van der Waals surface area contributed by atoms with Gasteiger partial charge in [-0.2, -0.15) is 0 Å². The van der Waals surface area contributed by atoms with E-state index in [9.17, 15) is 4.39 Å². The summed E-state index contributed by atoms with van der Waals surface area (Å²) in [6, 6.07) is 7.42. The lowest BCUT2D eigenvalue weighted by Crippen LogP contribution is -2.21. The van der Waals surface area contributed by atoms with Gasteiger partial charge in [0.15, 0.2) is 11.6 Å². The molecule has 4 nitrogen and oxygen atoms in total. The topological polar surface area (TPSA) is 41.1 Å². The van der Waals surface area contributed by atoms with Gasteiger partial charge in [0.05, 0.1) is 12.2 Å². The van der Waals surface area contributed by atoms with Gasteiger partial charge in [-0.25, -0.2) is 9.37 Å². The lowest BCUT2D eigenvalue weighted by Gasteiger charge is -2.19. The molecule has 0 aromatic carbocycles. The summed E-state index contributed by atoms with van der Waals surface area (Å²) in [7, 11) is 1.82. The molecule has 112 valence electrons. The SMILES string of the molecule is CCCNCc1ccnc(N(C)Cc2ccccn2)c1F. The van der Waals surface area contributed by atoms with Crippen molar-refractivity contribution in [3.63, 3.8) is 0 Å². The average Bonchev–Trinajstić information content (AvgIpc) is 2.50. The van der Waals surface area contributed by atoms with E-state index in [-0.39, 0.29) is 5.82 Å². The quantitative estimate of drug-likeness (QED) is 0.795. The van der Waals surface area contributed by atoms with E-state index in [2.05, 4.69) is 22.2 Å². The molecule has 0 amide bonds. The number of anilines is 1. The monoisotopic (exact) mass is 288 g/mol. The van der Waals surface area contributed by atoms with Crippen molar-refractivity contribution in [3.05, 3.63) is 53.7 Å². The fraction of sp³-hybridized carbons (Fsp3) is 0.375. The normalized spacial score (nSPS) is 10.6. The molecule has 0 unspecified atom stereocenters. The number of hydrogen-bond donors (Lipinski definition) is 1. The van der Waals surface area contributed by atoms with Gasteiger partial charge in [0.1, 0.15) is 0 Å². The first-order valence-electron chi connectivity index (χ1n) is 7.17. The molecule has 2 heterocycles. The molecule has 0 spiro atoms. The molecule has 0 aliphatic carbocycles. The predicted molar refractivity (Wildman–Crippen MR) is 82.5 cm³/mol. The molecule has 2 aromatic heterocycles. The Kier molecular flexibility index (Phi) is 5.63. The Labute approximate surface area is 125 Å². The minimum atomic E-state index is -0.264. The van der Waals surface area contributed by atoms with Crippen LogP contribution in [0.15, 0.2) is 36.7 Å². The van der Waals surface area contributed by atoms with E-state index >= 15 is 0 Å². The molecular weight excluding hydrogens is 267 g/mol. The van der Waals surface area contributed by atoms with Gasteiger partial charge in [0, 0.05) is 31.5 Å². The van der Waals surface area contributed by atoms with E-state index < -0.39 is 0 Å². The van der Waals surface area contributed by atoms with Crippen LogP contribution in [-0.2, 0) is 13.1 Å². The lowest BCUT2D eigenvalue weighted by molar-refractivity contribution is 0.577. The molecule has 0 saturated heterocycles. The maximum absolute atomic E-state index is 14.5. The van der Waals surface area contributed by atoms with Crippen molar-refractivity contribution in [3.8, 4) is 0 Å². The molecule has 0 aliphatic heterocycles. The second-order valence-electron chi connectivity index (χ2n) is 4.96. The van der Waals surface area contributed by atoms with Crippen LogP contribution in [0.1, 0.15) is 24.6 Å². The van der Waals surface area contributed by atoms with Gasteiger partial charge in [-0.15, -0.1) is 0 Å². The number of pyridine rings is 2. The molecule has 0 atom stereocenters. The fourth-order valence-electron chi connectivity index (χ4n) is 2.08. The van der Waals surface area contributed by atoms with Crippen molar-refractivity contribution in [2.45, 2.75) is 26.4 Å². The van der Waals surface area contributed by atoms with Crippen LogP contribution in [0.3, 0.4) is 0 Å². The Morgan fingerprint density at radius 2 is 2.05 bits per heavy atom. The summed E-state index contributed by atoms with van der Waals surface area (Å²) < 4.78 is 14.5. The summed E-state index contributed by atoms with van der Waals surface area (Å²) in [5.41, 5.74) is 1.53. The third kappa shape index (κ3) is 4.23. The smallest absolute Gasteiger partial charge is 0.170 e. The van der Waals surface area contributed by atoms with Crippen molar-refractivity contribution in [2.24, 2.45) is 0 Å². The molecule has 0 aliphatic rings. The van der Waals surface area contributed by atoms with Gasteiger partial charge in [-0.3, -0.25) is 4.98 Å². The number of hydrogen-bond acceptors (Lipinski definition) is 4. The predicted octanol–water partition coefficient (Wildman–Crippen LogP) is 2.75. The van der Waals surface area contributed by atoms with Crippen LogP contribution in [0, 0.1) is 5.82 Å². The molecule has 1 N–H and O–H groups in total. The molecular formula is C16H21FN4. The number of nitrogens with zero attached hydrogens (tertiary/aromatic N) is 3. The Bertz CT molecular complexity index is 559. The van der Waals surface area contributed by atoms with Gasteiger partial charge in [-0.05, 0) is 31.2 Å². The average molecular weight is 288 g/mol. The zero-order valence-electron chi connectivity index (χ0n) is 12.5.